The SMILES string of the molecule is O=C(CSCC(=O)N1CCOCC1)Nc1ccc(Cl)cc1. The van der Waals surface area contributed by atoms with Gasteiger partial charge in [-0.25, -0.2) is 0 Å². The van der Waals surface area contributed by atoms with Gasteiger partial charge in [0.25, 0.3) is 0 Å². The molecule has 1 saturated heterocycles. The van der Waals surface area contributed by atoms with E-state index >= 15 is 0 Å². The van der Waals surface area contributed by atoms with Crippen molar-refractivity contribution in [2.45, 2.75) is 0 Å². The monoisotopic (exact) mass is 328 g/mol. The van der Waals surface area contributed by atoms with Crippen LogP contribution >= 0.6 is 23.4 Å². The maximum Gasteiger partial charge on any atom is 0.234 e. The predicted octanol–water partition coefficient (Wildman–Crippen LogP) is 1.87. The van der Waals surface area contributed by atoms with Crippen molar-refractivity contribution in [2.24, 2.45) is 0 Å². The van der Waals surface area contributed by atoms with Crippen LogP contribution in [0.3, 0.4) is 0 Å². The van der Waals surface area contributed by atoms with Crippen LogP contribution < -0.4 is 5.32 Å². The fourth-order valence-electron chi connectivity index (χ4n) is 1.87. The van der Waals surface area contributed by atoms with E-state index < -0.39 is 0 Å². The van der Waals surface area contributed by atoms with Gasteiger partial charge in [-0.1, -0.05) is 11.6 Å². The molecule has 0 aliphatic carbocycles. The van der Waals surface area contributed by atoms with E-state index in [9.17, 15) is 9.59 Å². The van der Waals surface area contributed by atoms with Crippen LogP contribution in [0.2, 0.25) is 5.02 Å². The van der Waals surface area contributed by atoms with Gasteiger partial charge in [-0.15, -0.1) is 11.8 Å². The average Bonchev–Trinajstić information content (AvgIpc) is 2.50. The van der Waals surface area contributed by atoms with Gasteiger partial charge in [0.05, 0.1) is 24.7 Å². The van der Waals surface area contributed by atoms with Gasteiger partial charge in [0.15, 0.2) is 0 Å². The van der Waals surface area contributed by atoms with Crippen LogP contribution in [0.4, 0.5) is 5.69 Å². The summed E-state index contributed by atoms with van der Waals surface area (Å²) in [5.41, 5.74) is 0.699. The minimum atomic E-state index is -0.128. The number of carbonyl (C=O) groups is 2. The molecule has 1 aromatic rings. The molecule has 1 aliphatic rings. The first-order valence-electron chi connectivity index (χ1n) is 6.64. The van der Waals surface area contributed by atoms with E-state index in [2.05, 4.69) is 5.32 Å². The molecule has 5 nitrogen and oxygen atoms in total. The predicted molar refractivity (Wildman–Crippen MR) is 84.8 cm³/mol. The molecule has 21 heavy (non-hydrogen) atoms. The first-order valence-corrected chi connectivity index (χ1v) is 8.17. The summed E-state index contributed by atoms with van der Waals surface area (Å²) in [6.07, 6.45) is 0. The van der Waals surface area contributed by atoms with Gasteiger partial charge in [-0.2, -0.15) is 0 Å². The second kappa shape index (κ2) is 8.26. The number of hydrogen-bond acceptors (Lipinski definition) is 4. The summed E-state index contributed by atoms with van der Waals surface area (Å²) in [5.74, 6) is 0.493. The third kappa shape index (κ3) is 5.57. The second-order valence-corrected chi connectivity index (χ2v) is 5.96. The number of halogens is 1. The molecule has 1 N–H and O–H groups in total. The standard InChI is InChI=1S/C14H17ClN2O3S/c15-11-1-3-12(4-2-11)16-13(18)9-21-10-14(19)17-5-7-20-8-6-17/h1-4H,5-10H2,(H,16,18). The van der Waals surface area contributed by atoms with Crippen molar-refractivity contribution in [3.63, 3.8) is 0 Å². The Morgan fingerprint density at radius 2 is 1.86 bits per heavy atom. The molecule has 1 heterocycles. The van der Waals surface area contributed by atoms with Gasteiger partial charge >= 0.3 is 0 Å². The van der Waals surface area contributed by atoms with Crippen LogP contribution in [0.15, 0.2) is 24.3 Å². The molecule has 7 heteroatoms. The minimum absolute atomic E-state index is 0.0580. The van der Waals surface area contributed by atoms with Crippen molar-refractivity contribution >= 4 is 40.9 Å². The van der Waals surface area contributed by atoms with E-state index in [4.69, 9.17) is 16.3 Å². The number of rotatable bonds is 5. The number of amides is 2. The highest BCUT2D eigenvalue weighted by Crippen LogP contribution is 2.14. The lowest BCUT2D eigenvalue weighted by Crippen LogP contribution is -2.41. The number of nitrogens with zero attached hydrogens (tertiary/aromatic N) is 1. The first-order chi connectivity index (χ1) is 10.1. The van der Waals surface area contributed by atoms with Gasteiger partial charge in [-0.3, -0.25) is 9.59 Å². The molecular weight excluding hydrogens is 312 g/mol. The number of benzene rings is 1. The Morgan fingerprint density at radius 3 is 2.52 bits per heavy atom. The average molecular weight is 329 g/mol. The number of thioether (sulfide) groups is 1. The highest BCUT2D eigenvalue weighted by molar-refractivity contribution is 8.00. The lowest BCUT2D eigenvalue weighted by molar-refractivity contribution is -0.132. The quantitative estimate of drug-likeness (QED) is 0.896. The second-order valence-electron chi connectivity index (χ2n) is 4.54. The van der Waals surface area contributed by atoms with E-state index in [-0.39, 0.29) is 17.6 Å². The zero-order valence-corrected chi connectivity index (χ0v) is 13.1. The maximum atomic E-state index is 11.9. The van der Waals surface area contributed by atoms with Crippen molar-refractivity contribution in [1.29, 1.82) is 0 Å². The summed E-state index contributed by atoms with van der Waals surface area (Å²) in [6, 6.07) is 6.91. The largest absolute Gasteiger partial charge is 0.378 e. The smallest absolute Gasteiger partial charge is 0.234 e. The number of morpholine rings is 1. The molecule has 1 aliphatic heterocycles. The van der Waals surface area contributed by atoms with Crippen molar-refractivity contribution in [2.75, 3.05) is 43.1 Å². The Kier molecular flexibility index (Phi) is 6.35. The van der Waals surface area contributed by atoms with Crippen LogP contribution in [0.25, 0.3) is 0 Å². The van der Waals surface area contributed by atoms with E-state index in [0.29, 0.717) is 42.8 Å². The molecule has 0 bridgehead atoms. The molecule has 0 spiro atoms. The highest BCUT2D eigenvalue weighted by Gasteiger charge is 2.16. The normalized spacial score (nSPS) is 14.8. The van der Waals surface area contributed by atoms with Crippen molar-refractivity contribution < 1.29 is 14.3 Å². The third-order valence-corrected chi connectivity index (χ3v) is 4.12. The van der Waals surface area contributed by atoms with Crippen LogP contribution in [-0.2, 0) is 14.3 Å². The van der Waals surface area contributed by atoms with Crippen molar-refractivity contribution in [1.82, 2.24) is 4.90 Å². The molecule has 2 rings (SSSR count). The van der Waals surface area contributed by atoms with Crippen LogP contribution in [0.5, 0.6) is 0 Å². The molecule has 1 aromatic carbocycles. The molecule has 0 saturated carbocycles. The summed E-state index contributed by atoms with van der Waals surface area (Å²) in [5, 5.41) is 3.38. The molecule has 0 aromatic heterocycles. The Labute approximate surface area is 133 Å². The zero-order chi connectivity index (χ0) is 15.1. The van der Waals surface area contributed by atoms with Crippen molar-refractivity contribution in [3.8, 4) is 0 Å². The topological polar surface area (TPSA) is 58.6 Å². The highest BCUT2D eigenvalue weighted by atomic mass is 35.5. The molecule has 114 valence electrons. The summed E-state index contributed by atoms with van der Waals surface area (Å²) in [6.45, 7) is 2.45. The Hall–Kier alpha value is -1.24. The minimum Gasteiger partial charge on any atom is -0.378 e. The number of hydrogen-bond donors (Lipinski definition) is 1. The molecule has 1 fully saturated rings. The van der Waals surface area contributed by atoms with Gasteiger partial charge in [0, 0.05) is 23.8 Å². The lowest BCUT2D eigenvalue weighted by Gasteiger charge is -2.26. The maximum absolute atomic E-state index is 11.9. The number of nitrogens with one attached hydrogen (secondary N) is 1. The summed E-state index contributed by atoms with van der Waals surface area (Å²) in [7, 11) is 0. The molecule has 0 radical (unpaired) electrons. The van der Waals surface area contributed by atoms with Gasteiger partial charge in [0.2, 0.25) is 11.8 Å². The summed E-state index contributed by atoms with van der Waals surface area (Å²) in [4.78, 5) is 25.4. The van der Waals surface area contributed by atoms with Gasteiger partial charge < -0.3 is 15.0 Å². The third-order valence-electron chi connectivity index (χ3n) is 2.95. The Balaban J connectivity index is 1.66. The van der Waals surface area contributed by atoms with Crippen LogP contribution in [0.1, 0.15) is 0 Å². The molecule has 0 unspecified atom stereocenters. The number of carbonyl (C=O) groups excluding carboxylic acids is 2. The number of ether oxygens (including phenoxy) is 1. The van der Waals surface area contributed by atoms with Crippen LogP contribution in [0, 0.1) is 0 Å². The van der Waals surface area contributed by atoms with E-state index in [1.165, 1.54) is 11.8 Å². The van der Waals surface area contributed by atoms with E-state index in [1.54, 1.807) is 29.2 Å². The van der Waals surface area contributed by atoms with Gasteiger partial charge in [0.1, 0.15) is 0 Å². The Morgan fingerprint density at radius 1 is 1.19 bits per heavy atom. The van der Waals surface area contributed by atoms with Crippen molar-refractivity contribution in [3.05, 3.63) is 29.3 Å². The summed E-state index contributed by atoms with van der Waals surface area (Å²) < 4.78 is 5.19. The lowest BCUT2D eigenvalue weighted by atomic mass is 10.3. The first kappa shape index (κ1) is 16.1. The zero-order valence-electron chi connectivity index (χ0n) is 11.5. The molecule has 2 amide bonds. The molecular formula is C14H17ClN2O3S. The summed E-state index contributed by atoms with van der Waals surface area (Å²) >= 11 is 7.09. The fourth-order valence-corrected chi connectivity index (χ4v) is 2.71. The number of anilines is 1. The Bertz CT molecular complexity index is 489. The molecule has 0 atom stereocenters. The van der Waals surface area contributed by atoms with Crippen LogP contribution in [-0.4, -0.2) is 54.5 Å². The van der Waals surface area contributed by atoms with E-state index in [1.807, 2.05) is 0 Å². The van der Waals surface area contributed by atoms with Gasteiger partial charge in [-0.05, 0) is 24.3 Å². The fraction of sp³-hybridized carbons (Fsp3) is 0.429. The van der Waals surface area contributed by atoms with E-state index in [0.717, 1.165) is 0 Å².